The second kappa shape index (κ2) is 11.6. The van der Waals surface area contributed by atoms with Crippen LogP contribution in [0.5, 0.6) is 0 Å². The molecule has 0 aliphatic rings. The van der Waals surface area contributed by atoms with Gasteiger partial charge in [0.2, 0.25) is 5.91 Å². The maximum Gasteiger partial charge on any atom is 0.248 e. The van der Waals surface area contributed by atoms with Crippen molar-refractivity contribution in [3.63, 3.8) is 0 Å². The Morgan fingerprint density at radius 3 is 1.62 bits per heavy atom. The maximum atomic E-state index is 12.2. The summed E-state index contributed by atoms with van der Waals surface area (Å²) in [6.45, 7) is 14.7. The van der Waals surface area contributed by atoms with E-state index in [2.05, 4.69) is 38.4 Å². The third-order valence-electron chi connectivity index (χ3n) is 2.48. The first kappa shape index (κ1) is 24.0. The summed E-state index contributed by atoms with van der Waals surface area (Å²) in [4.78, 5) is 34.3. The number of amides is 1. The third kappa shape index (κ3) is 14.4. The van der Waals surface area contributed by atoms with Gasteiger partial charge >= 0.3 is 0 Å². The van der Waals surface area contributed by atoms with Gasteiger partial charge in [-0.15, -0.1) is 0 Å². The molecule has 0 aromatic carbocycles. The molecule has 0 saturated heterocycles. The molecule has 0 aromatic heterocycles. The lowest BCUT2D eigenvalue weighted by Gasteiger charge is -2.23. The van der Waals surface area contributed by atoms with E-state index in [0.717, 1.165) is 0 Å². The average molecular weight is 475 g/mol. The Bertz CT molecular complexity index is 367. The highest BCUT2D eigenvalue weighted by Gasteiger charge is 2.17. The zero-order valence-corrected chi connectivity index (χ0v) is 18.4. The van der Waals surface area contributed by atoms with Gasteiger partial charge in [0.1, 0.15) is 0 Å². The molecule has 0 aliphatic heterocycles. The Hall–Kier alpha value is 0.01000. The van der Waals surface area contributed by atoms with Crippen molar-refractivity contribution < 1.29 is 24.3 Å². The SMILES string of the molecule is C=C(C)C(=O)N(CCCOOC(C)(C)Br)CCCOOC(C)(C)Br. The van der Waals surface area contributed by atoms with Gasteiger partial charge in [-0.25, -0.2) is 19.6 Å². The monoisotopic (exact) mass is 473 g/mol. The summed E-state index contributed by atoms with van der Waals surface area (Å²) < 4.78 is -1.05. The van der Waals surface area contributed by atoms with E-state index in [0.29, 0.717) is 44.7 Å². The normalized spacial score (nSPS) is 12.3. The van der Waals surface area contributed by atoms with Gasteiger partial charge in [-0.05, 0) is 47.5 Å². The van der Waals surface area contributed by atoms with Crippen LogP contribution in [0.25, 0.3) is 0 Å². The first-order chi connectivity index (χ1) is 10.9. The Morgan fingerprint density at radius 1 is 0.958 bits per heavy atom. The molecule has 1 amide bonds. The van der Waals surface area contributed by atoms with Gasteiger partial charge in [-0.3, -0.25) is 4.79 Å². The molecule has 0 aliphatic carbocycles. The van der Waals surface area contributed by atoms with E-state index in [1.807, 2.05) is 27.7 Å². The minimum absolute atomic E-state index is 0.0709. The number of nitrogens with zero attached hydrogens (tertiary/aromatic N) is 1. The van der Waals surface area contributed by atoms with Crippen LogP contribution in [0.15, 0.2) is 12.2 Å². The zero-order chi connectivity index (χ0) is 18.8. The molecule has 8 heteroatoms. The fourth-order valence-electron chi connectivity index (χ4n) is 1.58. The fourth-order valence-corrected chi connectivity index (χ4v) is 1.76. The topological polar surface area (TPSA) is 57.2 Å². The molecule has 0 bridgehead atoms. The van der Waals surface area contributed by atoms with Crippen molar-refractivity contribution >= 4 is 37.8 Å². The van der Waals surface area contributed by atoms with Crippen LogP contribution in [-0.4, -0.2) is 46.1 Å². The summed E-state index contributed by atoms with van der Waals surface area (Å²) in [5, 5.41) is 0. The molecule has 0 rings (SSSR count). The third-order valence-corrected chi connectivity index (χ3v) is 2.74. The van der Waals surface area contributed by atoms with Crippen LogP contribution in [0.4, 0.5) is 0 Å². The van der Waals surface area contributed by atoms with Crippen LogP contribution in [-0.2, 0) is 24.3 Å². The Labute approximate surface area is 161 Å². The summed E-state index contributed by atoms with van der Waals surface area (Å²) in [5.74, 6) is -0.0709. The van der Waals surface area contributed by atoms with Crippen molar-refractivity contribution in [1.29, 1.82) is 0 Å². The van der Waals surface area contributed by atoms with Gasteiger partial charge in [0.05, 0.1) is 13.2 Å². The molecule has 6 nitrogen and oxygen atoms in total. The van der Waals surface area contributed by atoms with Crippen LogP contribution < -0.4 is 0 Å². The molecule has 0 unspecified atom stereocenters. The van der Waals surface area contributed by atoms with Crippen LogP contribution in [0.1, 0.15) is 47.5 Å². The second-order valence-electron chi connectivity index (χ2n) is 6.32. The van der Waals surface area contributed by atoms with Crippen molar-refractivity contribution in [3.8, 4) is 0 Å². The van der Waals surface area contributed by atoms with E-state index in [4.69, 9.17) is 19.6 Å². The van der Waals surface area contributed by atoms with Crippen LogP contribution >= 0.6 is 31.9 Å². The van der Waals surface area contributed by atoms with E-state index >= 15 is 0 Å². The summed E-state index contributed by atoms with van der Waals surface area (Å²) in [6, 6.07) is 0. The Kier molecular flexibility index (Phi) is 11.6. The number of alkyl halides is 2. The van der Waals surface area contributed by atoms with Crippen LogP contribution in [0, 0.1) is 0 Å². The van der Waals surface area contributed by atoms with Gasteiger partial charge in [0.15, 0.2) is 9.02 Å². The molecule has 0 atom stereocenters. The molecule has 142 valence electrons. The van der Waals surface area contributed by atoms with Crippen molar-refractivity contribution in [2.75, 3.05) is 26.3 Å². The summed E-state index contributed by atoms with van der Waals surface area (Å²) >= 11 is 6.62. The molecule has 0 fully saturated rings. The predicted octanol–water partition coefficient (Wildman–Crippen LogP) is 4.33. The lowest BCUT2D eigenvalue weighted by atomic mass is 10.2. The lowest BCUT2D eigenvalue weighted by Crippen LogP contribution is -2.34. The van der Waals surface area contributed by atoms with Crippen molar-refractivity contribution in [3.05, 3.63) is 12.2 Å². The highest BCUT2D eigenvalue weighted by molar-refractivity contribution is 9.10. The first-order valence-electron chi connectivity index (χ1n) is 7.86. The molecule has 0 heterocycles. The Morgan fingerprint density at radius 2 is 1.33 bits per heavy atom. The van der Waals surface area contributed by atoms with Crippen molar-refractivity contribution in [1.82, 2.24) is 4.90 Å². The van der Waals surface area contributed by atoms with Crippen LogP contribution in [0.2, 0.25) is 0 Å². The molecule has 0 radical (unpaired) electrons. The minimum atomic E-state index is -0.527. The maximum absolute atomic E-state index is 12.2. The van der Waals surface area contributed by atoms with Gasteiger partial charge < -0.3 is 4.90 Å². The molecule has 0 saturated carbocycles. The van der Waals surface area contributed by atoms with Gasteiger partial charge in [-0.1, -0.05) is 38.4 Å². The second-order valence-corrected chi connectivity index (χ2v) is 10.1. The highest BCUT2D eigenvalue weighted by Crippen LogP contribution is 2.18. The van der Waals surface area contributed by atoms with Crippen LogP contribution in [0.3, 0.4) is 0 Å². The summed E-state index contributed by atoms with van der Waals surface area (Å²) in [6.07, 6.45) is 1.32. The van der Waals surface area contributed by atoms with Gasteiger partial charge in [0.25, 0.3) is 0 Å². The van der Waals surface area contributed by atoms with E-state index in [1.54, 1.807) is 11.8 Å². The minimum Gasteiger partial charge on any atom is -0.339 e. The standard InChI is InChI=1S/C16H29Br2NO5/c1-13(2)14(20)19(9-7-11-21-23-15(3,4)17)10-8-12-22-24-16(5,6)18/h1,7-12H2,2-6H3. The number of rotatable bonds is 13. The first-order valence-corrected chi connectivity index (χ1v) is 9.45. The highest BCUT2D eigenvalue weighted by atomic mass is 79.9. The van der Waals surface area contributed by atoms with E-state index in [-0.39, 0.29) is 5.91 Å². The molecule has 0 spiro atoms. The molecular weight excluding hydrogens is 446 g/mol. The zero-order valence-electron chi connectivity index (χ0n) is 15.2. The van der Waals surface area contributed by atoms with Crippen molar-refractivity contribution in [2.45, 2.75) is 56.5 Å². The fraction of sp³-hybridized carbons (Fsp3) is 0.812. The van der Waals surface area contributed by atoms with E-state index in [9.17, 15) is 4.79 Å². The molecule has 24 heavy (non-hydrogen) atoms. The number of hydrogen-bond donors (Lipinski definition) is 0. The average Bonchev–Trinajstić information content (AvgIpc) is 2.41. The summed E-state index contributed by atoms with van der Waals surface area (Å²) in [7, 11) is 0. The lowest BCUT2D eigenvalue weighted by molar-refractivity contribution is -0.326. The molecule has 0 aromatic rings. The quantitative estimate of drug-likeness (QED) is 0.131. The number of hydrogen-bond acceptors (Lipinski definition) is 5. The largest absolute Gasteiger partial charge is 0.339 e. The van der Waals surface area contributed by atoms with Gasteiger partial charge in [-0.2, -0.15) is 0 Å². The predicted molar refractivity (Wildman–Crippen MR) is 101 cm³/mol. The van der Waals surface area contributed by atoms with Crippen molar-refractivity contribution in [2.24, 2.45) is 0 Å². The van der Waals surface area contributed by atoms with E-state index < -0.39 is 9.02 Å². The van der Waals surface area contributed by atoms with E-state index in [1.165, 1.54) is 0 Å². The smallest absolute Gasteiger partial charge is 0.248 e. The number of carbonyl (C=O) groups is 1. The summed E-state index contributed by atoms with van der Waals surface area (Å²) in [5.41, 5.74) is 0.507. The number of halogens is 2. The Balaban J connectivity index is 4.12. The molecular formula is C16H29Br2NO5. The molecule has 0 N–H and O–H groups in total. The van der Waals surface area contributed by atoms with Gasteiger partial charge in [0, 0.05) is 18.7 Å². The number of carbonyl (C=O) groups excluding carboxylic acids is 1.